The molecule has 1 saturated heterocycles. The molecule has 0 N–H and O–H groups in total. The topological polar surface area (TPSA) is 16.1 Å². The number of nitrogens with zero attached hydrogens (tertiary/aromatic N) is 2. The molecule has 1 aromatic rings. The fourth-order valence-electron chi connectivity index (χ4n) is 1.95. The van der Waals surface area contributed by atoms with Crippen LogP contribution in [0.25, 0.3) is 0 Å². The van der Waals surface area contributed by atoms with Gasteiger partial charge in [-0.25, -0.2) is 9.37 Å². The fraction of sp³-hybridized carbons (Fsp3) is 0.545. The third-order valence-electron chi connectivity index (χ3n) is 2.89. The molecule has 88 valence electrons. The van der Waals surface area contributed by atoms with Crippen LogP contribution in [-0.2, 0) is 0 Å². The van der Waals surface area contributed by atoms with Gasteiger partial charge in [0.25, 0.3) is 0 Å². The summed E-state index contributed by atoms with van der Waals surface area (Å²) in [5.74, 6) is 0.564. The van der Waals surface area contributed by atoms with E-state index in [0.29, 0.717) is 21.6 Å². The Morgan fingerprint density at radius 2 is 2.38 bits per heavy atom. The first kappa shape index (κ1) is 12.1. The Morgan fingerprint density at radius 3 is 3.00 bits per heavy atom. The lowest BCUT2D eigenvalue weighted by Gasteiger charge is -2.35. The van der Waals surface area contributed by atoms with E-state index < -0.39 is 0 Å². The van der Waals surface area contributed by atoms with Gasteiger partial charge in [0.05, 0.1) is 5.02 Å². The molecule has 0 aromatic carbocycles. The van der Waals surface area contributed by atoms with E-state index in [-0.39, 0.29) is 5.82 Å². The maximum atomic E-state index is 13.7. The minimum atomic E-state index is -0.340. The first-order valence-corrected chi connectivity index (χ1v) is 6.57. The van der Waals surface area contributed by atoms with Crippen molar-refractivity contribution in [2.75, 3.05) is 18.0 Å². The summed E-state index contributed by atoms with van der Waals surface area (Å²) in [5, 5.41) is 0.338. The SMILES string of the molecule is CC1CN(c2ncc(Cl)cc2F)CCC1Br. The van der Waals surface area contributed by atoms with Crippen LogP contribution in [0, 0.1) is 11.7 Å². The van der Waals surface area contributed by atoms with Gasteiger partial charge in [-0.05, 0) is 18.4 Å². The zero-order valence-electron chi connectivity index (χ0n) is 8.96. The molecule has 0 bridgehead atoms. The second-order valence-electron chi connectivity index (χ2n) is 4.19. The highest BCUT2D eigenvalue weighted by Gasteiger charge is 2.26. The molecular weight excluding hydrogens is 294 g/mol. The summed E-state index contributed by atoms with van der Waals surface area (Å²) in [5.41, 5.74) is 0. The van der Waals surface area contributed by atoms with Gasteiger partial charge in [-0.15, -0.1) is 0 Å². The van der Waals surface area contributed by atoms with E-state index in [1.165, 1.54) is 12.3 Å². The van der Waals surface area contributed by atoms with Crippen molar-refractivity contribution in [3.05, 3.63) is 23.1 Å². The molecule has 1 aliphatic heterocycles. The van der Waals surface area contributed by atoms with Crippen LogP contribution in [0.2, 0.25) is 5.02 Å². The summed E-state index contributed by atoms with van der Waals surface area (Å²) < 4.78 is 13.7. The van der Waals surface area contributed by atoms with Gasteiger partial charge >= 0.3 is 0 Å². The number of anilines is 1. The highest BCUT2D eigenvalue weighted by molar-refractivity contribution is 9.09. The Kier molecular flexibility index (Phi) is 3.70. The zero-order chi connectivity index (χ0) is 11.7. The van der Waals surface area contributed by atoms with E-state index in [1.807, 2.05) is 4.90 Å². The Morgan fingerprint density at radius 1 is 1.62 bits per heavy atom. The van der Waals surface area contributed by atoms with Gasteiger partial charge in [-0.3, -0.25) is 0 Å². The largest absolute Gasteiger partial charge is 0.354 e. The highest BCUT2D eigenvalue weighted by atomic mass is 79.9. The van der Waals surface area contributed by atoms with Crippen LogP contribution in [0.15, 0.2) is 12.3 Å². The van der Waals surface area contributed by atoms with Gasteiger partial charge in [0.15, 0.2) is 11.6 Å². The third-order valence-corrected chi connectivity index (χ3v) is 4.46. The Balaban J connectivity index is 2.18. The number of piperidine rings is 1. The van der Waals surface area contributed by atoms with Crippen molar-refractivity contribution in [2.45, 2.75) is 18.2 Å². The lowest BCUT2D eigenvalue weighted by molar-refractivity contribution is 0.457. The second kappa shape index (κ2) is 4.88. The monoisotopic (exact) mass is 306 g/mol. The smallest absolute Gasteiger partial charge is 0.167 e. The van der Waals surface area contributed by atoms with Gasteiger partial charge < -0.3 is 4.90 Å². The summed E-state index contributed by atoms with van der Waals surface area (Å²) in [6.07, 6.45) is 2.50. The van der Waals surface area contributed by atoms with Gasteiger partial charge in [-0.2, -0.15) is 0 Å². The van der Waals surface area contributed by atoms with Crippen LogP contribution in [-0.4, -0.2) is 22.9 Å². The summed E-state index contributed by atoms with van der Waals surface area (Å²) in [7, 11) is 0. The second-order valence-corrected chi connectivity index (χ2v) is 5.80. The average molecular weight is 308 g/mol. The number of hydrogen-bond acceptors (Lipinski definition) is 2. The Bertz CT molecular complexity index is 388. The van der Waals surface area contributed by atoms with Crippen molar-refractivity contribution in [1.29, 1.82) is 0 Å². The molecule has 0 spiro atoms. The number of pyridine rings is 1. The summed E-state index contributed by atoms with van der Waals surface area (Å²) in [6, 6.07) is 1.31. The minimum absolute atomic E-state index is 0.338. The van der Waals surface area contributed by atoms with Gasteiger partial charge in [0.1, 0.15) is 0 Å². The summed E-state index contributed by atoms with van der Waals surface area (Å²) >= 11 is 9.30. The summed E-state index contributed by atoms with van der Waals surface area (Å²) in [6.45, 7) is 3.80. The van der Waals surface area contributed by atoms with Gasteiger partial charge in [0.2, 0.25) is 0 Å². The van der Waals surface area contributed by atoms with E-state index in [0.717, 1.165) is 19.5 Å². The number of alkyl halides is 1. The first-order valence-electron chi connectivity index (χ1n) is 5.28. The summed E-state index contributed by atoms with van der Waals surface area (Å²) in [4.78, 5) is 6.56. The predicted molar refractivity (Wildman–Crippen MR) is 67.9 cm³/mol. The van der Waals surface area contributed by atoms with Crippen molar-refractivity contribution >= 4 is 33.3 Å². The molecule has 0 aliphatic carbocycles. The molecule has 2 atom stereocenters. The lowest BCUT2D eigenvalue weighted by Crippen LogP contribution is -2.40. The van der Waals surface area contributed by atoms with Crippen LogP contribution < -0.4 is 4.90 Å². The third kappa shape index (κ3) is 2.48. The van der Waals surface area contributed by atoms with Gasteiger partial charge in [-0.1, -0.05) is 34.5 Å². The van der Waals surface area contributed by atoms with Gasteiger partial charge in [0, 0.05) is 24.1 Å². The molecular formula is C11H13BrClFN2. The predicted octanol–water partition coefficient (Wildman–Crippen LogP) is 3.48. The number of aromatic nitrogens is 1. The molecule has 1 aliphatic rings. The molecule has 1 aromatic heterocycles. The zero-order valence-corrected chi connectivity index (χ0v) is 11.3. The number of halogens is 3. The van der Waals surface area contributed by atoms with E-state index in [2.05, 4.69) is 27.8 Å². The maximum Gasteiger partial charge on any atom is 0.167 e. The van der Waals surface area contributed by atoms with E-state index in [4.69, 9.17) is 11.6 Å². The van der Waals surface area contributed by atoms with Crippen molar-refractivity contribution in [3.63, 3.8) is 0 Å². The normalized spacial score (nSPS) is 25.9. The van der Waals surface area contributed by atoms with E-state index in [1.54, 1.807) is 0 Å². The van der Waals surface area contributed by atoms with Crippen LogP contribution in [0.3, 0.4) is 0 Å². The van der Waals surface area contributed by atoms with Crippen LogP contribution >= 0.6 is 27.5 Å². The number of rotatable bonds is 1. The molecule has 1 fully saturated rings. The maximum absolute atomic E-state index is 13.7. The lowest BCUT2D eigenvalue weighted by atomic mass is 10.0. The van der Waals surface area contributed by atoms with Crippen molar-refractivity contribution < 1.29 is 4.39 Å². The van der Waals surface area contributed by atoms with E-state index >= 15 is 0 Å². The van der Waals surface area contributed by atoms with Crippen molar-refractivity contribution in [1.82, 2.24) is 4.98 Å². The van der Waals surface area contributed by atoms with Crippen LogP contribution in [0.5, 0.6) is 0 Å². The highest BCUT2D eigenvalue weighted by Crippen LogP contribution is 2.28. The molecule has 0 radical (unpaired) electrons. The van der Waals surface area contributed by atoms with Crippen LogP contribution in [0.1, 0.15) is 13.3 Å². The molecule has 0 amide bonds. The van der Waals surface area contributed by atoms with Crippen LogP contribution in [0.4, 0.5) is 10.2 Å². The Hall–Kier alpha value is -0.350. The quantitative estimate of drug-likeness (QED) is 0.738. The fourth-order valence-corrected chi connectivity index (χ4v) is 2.47. The van der Waals surface area contributed by atoms with E-state index in [9.17, 15) is 4.39 Å². The molecule has 16 heavy (non-hydrogen) atoms. The molecule has 2 heterocycles. The molecule has 2 unspecified atom stereocenters. The molecule has 2 rings (SSSR count). The van der Waals surface area contributed by atoms with Crippen molar-refractivity contribution in [2.24, 2.45) is 5.92 Å². The minimum Gasteiger partial charge on any atom is -0.354 e. The average Bonchev–Trinajstić information content (AvgIpc) is 2.22. The standard InChI is InChI=1S/C11H13BrClFN2/c1-7-6-16(3-2-9(7)12)11-10(14)4-8(13)5-15-11/h4-5,7,9H,2-3,6H2,1H3. The number of hydrogen-bond donors (Lipinski definition) is 0. The molecule has 2 nitrogen and oxygen atoms in total. The first-order chi connectivity index (χ1) is 7.58. The Labute approximate surface area is 108 Å². The molecule has 5 heteroatoms. The molecule has 0 saturated carbocycles. The van der Waals surface area contributed by atoms with Crippen molar-refractivity contribution in [3.8, 4) is 0 Å².